The lowest BCUT2D eigenvalue weighted by Crippen LogP contribution is -1.87. The Kier molecular flexibility index (Phi) is 2.38. The van der Waals surface area contributed by atoms with Crippen molar-refractivity contribution in [2.75, 3.05) is 0 Å². The minimum Gasteiger partial charge on any atom is -0.260 e. The molecular weight excluding hydrogens is 208 g/mol. The Morgan fingerprint density at radius 3 is 2.65 bits per heavy atom. The summed E-state index contributed by atoms with van der Waals surface area (Å²) in [7, 11) is 0. The number of benzene rings is 1. The maximum absolute atomic E-state index is 8.87. The normalized spacial score (nSPS) is 14.3. The summed E-state index contributed by atoms with van der Waals surface area (Å²) in [6.45, 7) is 0. The van der Waals surface area contributed by atoms with Gasteiger partial charge in [-0.15, -0.1) is 0 Å². The molecule has 0 N–H and O–H groups in total. The fourth-order valence-corrected chi connectivity index (χ4v) is 1.96. The van der Waals surface area contributed by atoms with Crippen LogP contribution in [0.5, 0.6) is 0 Å². The molecule has 0 radical (unpaired) electrons. The zero-order valence-corrected chi connectivity index (χ0v) is 9.43. The fraction of sp³-hybridized carbons (Fsp3) is 0.200. The molecule has 3 rings (SSSR count). The van der Waals surface area contributed by atoms with Crippen LogP contribution in [0.15, 0.2) is 42.6 Å². The molecule has 17 heavy (non-hydrogen) atoms. The molecule has 0 bridgehead atoms. The molecule has 0 atom stereocenters. The first-order chi connectivity index (χ1) is 8.36. The van der Waals surface area contributed by atoms with E-state index in [9.17, 15) is 0 Å². The Bertz CT molecular complexity index is 575. The third-order valence-electron chi connectivity index (χ3n) is 3.11. The molecule has 0 saturated heterocycles. The van der Waals surface area contributed by atoms with E-state index in [1.807, 2.05) is 30.5 Å². The summed E-state index contributed by atoms with van der Waals surface area (Å²) in [4.78, 5) is 4.49. The van der Waals surface area contributed by atoms with Gasteiger partial charge in [0.05, 0.1) is 11.6 Å². The zero-order chi connectivity index (χ0) is 11.7. The van der Waals surface area contributed by atoms with Crippen molar-refractivity contribution in [2.45, 2.75) is 18.8 Å². The Balaban J connectivity index is 1.94. The molecule has 0 unspecified atom stereocenters. The quantitative estimate of drug-likeness (QED) is 0.776. The van der Waals surface area contributed by atoms with E-state index in [4.69, 9.17) is 5.26 Å². The predicted molar refractivity (Wildman–Crippen MR) is 66.4 cm³/mol. The van der Waals surface area contributed by atoms with Crippen molar-refractivity contribution in [2.24, 2.45) is 0 Å². The summed E-state index contributed by atoms with van der Waals surface area (Å²) in [6.07, 6.45) is 4.46. The van der Waals surface area contributed by atoms with Crippen molar-refractivity contribution in [1.82, 2.24) is 4.98 Å². The third-order valence-corrected chi connectivity index (χ3v) is 3.11. The molecule has 0 spiro atoms. The topological polar surface area (TPSA) is 36.7 Å². The van der Waals surface area contributed by atoms with Gasteiger partial charge in [0, 0.05) is 23.4 Å². The van der Waals surface area contributed by atoms with Crippen LogP contribution in [0.2, 0.25) is 0 Å². The minimum atomic E-state index is 0.689. The number of pyridine rings is 1. The highest BCUT2D eigenvalue weighted by Gasteiger charge is 2.24. The van der Waals surface area contributed by atoms with E-state index >= 15 is 0 Å². The highest BCUT2D eigenvalue weighted by molar-refractivity contribution is 5.64. The van der Waals surface area contributed by atoms with Crippen LogP contribution in [0.3, 0.4) is 0 Å². The Labute approximate surface area is 101 Å². The highest BCUT2D eigenvalue weighted by Crippen LogP contribution is 2.39. The lowest BCUT2D eigenvalue weighted by molar-refractivity contribution is 1.02. The van der Waals surface area contributed by atoms with Crippen LogP contribution in [0.25, 0.3) is 11.1 Å². The molecule has 1 aliphatic carbocycles. The second kappa shape index (κ2) is 4.03. The largest absolute Gasteiger partial charge is 0.260 e. The van der Waals surface area contributed by atoms with Crippen LogP contribution in [-0.2, 0) is 0 Å². The number of hydrogen-bond acceptors (Lipinski definition) is 2. The Morgan fingerprint density at radius 1 is 1.12 bits per heavy atom. The van der Waals surface area contributed by atoms with Gasteiger partial charge in [-0.1, -0.05) is 18.2 Å². The van der Waals surface area contributed by atoms with E-state index in [2.05, 4.69) is 23.2 Å². The van der Waals surface area contributed by atoms with Crippen molar-refractivity contribution in [3.63, 3.8) is 0 Å². The van der Waals surface area contributed by atoms with Crippen LogP contribution in [0, 0.1) is 11.3 Å². The maximum Gasteiger partial charge on any atom is 0.0991 e. The molecule has 2 aromatic rings. The van der Waals surface area contributed by atoms with Crippen LogP contribution in [-0.4, -0.2) is 4.98 Å². The molecule has 1 aromatic heterocycles. The third kappa shape index (κ3) is 2.05. The first kappa shape index (κ1) is 10.0. The smallest absolute Gasteiger partial charge is 0.0991 e. The van der Waals surface area contributed by atoms with Gasteiger partial charge < -0.3 is 0 Å². The average molecular weight is 220 g/mol. The van der Waals surface area contributed by atoms with E-state index in [1.165, 1.54) is 18.5 Å². The lowest BCUT2D eigenvalue weighted by atomic mass is 10.0. The van der Waals surface area contributed by atoms with Gasteiger partial charge >= 0.3 is 0 Å². The van der Waals surface area contributed by atoms with Gasteiger partial charge in [-0.2, -0.15) is 5.26 Å². The van der Waals surface area contributed by atoms with Crippen LogP contribution in [0.4, 0.5) is 0 Å². The SMILES string of the molecule is N#Cc1cccc(-c2ccc(C3CC3)nc2)c1. The van der Waals surface area contributed by atoms with Crippen molar-refractivity contribution in [3.8, 4) is 17.2 Å². The van der Waals surface area contributed by atoms with E-state index in [0.717, 1.165) is 11.1 Å². The van der Waals surface area contributed by atoms with Crippen molar-refractivity contribution >= 4 is 0 Å². The molecule has 1 aromatic carbocycles. The number of nitrogens with zero attached hydrogens (tertiary/aromatic N) is 2. The summed E-state index contributed by atoms with van der Waals surface area (Å²) < 4.78 is 0. The summed E-state index contributed by atoms with van der Waals surface area (Å²) >= 11 is 0. The summed E-state index contributed by atoms with van der Waals surface area (Å²) in [5.74, 6) is 0.689. The summed E-state index contributed by atoms with van der Waals surface area (Å²) in [5, 5.41) is 8.87. The van der Waals surface area contributed by atoms with Gasteiger partial charge in [-0.25, -0.2) is 0 Å². The van der Waals surface area contributed by atoms with E-state index < -0.39 is 0 Å². The standard InChI is InChI=1S/C15H12N2/c16-9-11-2-1-3-13(8-11)14-6-7-15(17-10-14)12-4-5-12/h1-3,6-8,10,12H,4-5H2. The first-order valence-electron chi connectivity index (χ1n) is 5.83. The molecule has 2 nitrogen and oxygen atoms in total. The zero-order valence-electron chi connectivity index (χ0n) is 9.43. The number of aromatic nitrogens is 1. The number of nitriles is 1. The molecule has 0 aliphatic heterocycles. The highest BCUT2D eigenvalue weighted by atomic mass is 14.7. The Morgan fingerprint density at radius 2 is 2.00 bits per heavy atom. The monoisotopic (exact) mass is 220 g/mol. The second-order valence-corrected chi connectivity index (χ2v) is 4.44. The fourth-order valence-electron chi connectivity index (χ4n) is 1.96. The molecular formula is C15H12N2. The minimum absolute atomic E-state index is 0.689. The number of rotatable bonds is 2. The summed E-state index contributed by atoms with van der Waals surface area (Å²) in [6, 6.07) is 14.0. The van der Waals surface area contributed by atoms with E-state index in [1.54, 1.807) is 0 Å². The molecule has 1 fully saturated rings. The molecule has 1 heterocycles. The van der Waals surface area contributed by atoms with E-state index in [0.29, 0.717) is 11.5 Å². The number of hydrogen-bond donors (Lipinski definition) is 0. The lowest BCUT2D eigenvalue weighted by Gasteiger charge is -2.03. The van der Waals surface area contributed by atoms with Gasteiger partial charge in [0.15, 0.2) is 0 Å². The van der Waals surface area contributed by atoms with Gasteiger partial charge in [0.25, 0.3) is 0 Å². The summed E-state index contributed by atoms with van der Waals surface area (Å²) in [5.41, 5.74) is 4.02. The van der Waals surface area contributed by atoms with Gasteiger partial charge in [-0.05, 0) is 36.6 Å². The van der Waals surface area contributed by atoms with Gasteiger partial charge in [0.1, 0.15) is 0 Å². The molecule has 1 aliphatic rings. The van der Waals surface area contributed by atoms with Crippen LogP contribution < -0.4 is 0 Å². The van der Waals surface area contributed by atoms with Crippen molar-refractivity contribution in [1.29, 1.82) is 5.26 Å². The molecule has 82 valence electrons. The maximum atomic E-state index is 8.87. The molecule has 2 heteroatoms. The van der Waals surface area contributed by atoms with Gasteiger partial charge in [-0.3, -0.25) is 4.98 Å². The van der Waals surface area contributed by atoms with Crippen LogP contribution in [0.1, 0.15) is 30.0 Å². The first-order valence-corrected chi connectivity index (χ1v) is 5.83. The Hall–Kier alpha value is -2.14. The van der Waals surface area contributed by atoms with Crippen molar-refractivity contribution < 1.29 is 0 Å². The second-order valence-electron chi connectivity index (χ2n) is 4.44. The average Bonchev–Trinajstić information content (AvgIpc) is 3.23. The van der Waals surface area contributed by atoms with Crippen LogP contribution >= 0.6 is 0 Å². The molecule has 1 saturated carbocycles. The molecule has 0 amide bonds. The van der Waals surface area contributed by atoms with Crippen molar-refractivity contribution in [3.05, 3.63) is 53.9 Å². The van der Waals surface area contributed by atoms with E-state index in [-0.39, 0.29) is 0 Å². The van der Waals surface area contributed by atoms with Gasteiger partial charge in [0.2, 0.25) is 0 Å². The predicted octanol–water partition coefficient (Wildman–Crippen LogP) is 3.50.